The lowest BCUT2D eigenvalue weighted by molar-refractivity contribution is -0.144. The van der Waals surface area contributed by atoms with Crippen LogP contribution in [0.25, 0.3) is 0 Å². The number of carbonyl (C=O) groups excluding carboxylic acids is 1. The zero-order chi connectivity index (χ0) is 13.5. The summed E-state index contributed by atoms with van der Waals surface area (Å²) in [5, 5.41) is 20.6. The number of aliphatic hydroxyl groups is 1. The van der Waals surface area contributed by atoms with Gasteiger partial charge < -0.3 is 15.5 Å². The summed E-state index contributed by atoms with van der Waals surface area (Å²) in [6.07, 6.45) is 6.12. The molecule has 0 saturated heterocycles. The second-order valence-electron chi connectivity index (χ2n) is 5.19. The molecule has 18 heavy (non-hydrogen) atoms. The van der Waals surface area contributed by atoms with Crippen LogP contribution in [-0.4, -0.2) is 34.2 Å². The Kier molecular flexibility index (Phi) is 6.12. The van der Waals surface area contributed by atoms with Crippen LogP contribution in [0.15, 0.2) is 0 Å². The second kappa shape index (κ2) is 7.36. The minimum absolute atomic E-state index is 0.268. The fourth-order valence-corrected chi connectivity index (χ4v) is 2.45. The number of hydrogen-bond acceptors (Lipinski definition) is 3. The zero-order valence-electron chi connectivity index (χ0n) is 10.9. The molecule has 1 fully saturated rings. The van der Waals surface area contributed by atoms with E-state index in [-0.39, 0.29) is 5.91 Å². The van der Waals surface area contributed by atoms with E-state index < -0.39 is 18.1 Å². The van der Waals surface area contributed by atoms with E-state index in [4.69, 9.17) is 5.11 Å². The maximum Gasteiger partial charge on any atom is 0.328 e. The third-order valence-corrected chi connectivity index (χ3v) is 3.51. The lowest BCUT2D eigenvalue weighted by atomic mass is 9.96. The Bertz CT molecular complexity index is 283. The van der Waals surface area contributed by atoms with Gasteiger partial charge in [0.25, 0.3) is 0 Å². The van der Waals surface area contributed by atoms with Crippen LogP contribution in [0.5, 0.6) is 0 Å². The first-order chi connectivity index (χ1) is 8.50. The molecule has 0 unspecified atom stereocenters. The van der Waals surface area contributed by atoms with Crippen LogP contribution in [0.4, 0.5) is 0 Å². The Morgan fingerprint density at radius 3 is 2.22 bits per heavy atom. The van der Waals surface area contributed by atoms with Crippen LogP contribution in [0.3, 0.4) is 0 Å². The van der Waals surface area contributed by atoms with Gasteiger partial charge >= 0.3 is 5.97 Å². The van der Waals surface area contributed by atoms with Crippen molar-refractivity contribution in [3.8, 4) is 0 Å². The van der Waals surface area contributed by atoms with Crippen molar-refractivity contribution in [2.45, 2.75) is 64.0 Å². The van der Waals surface area contributed by atoms with Crippen LogP contribution in [0.1, 0.15) is 51.9 Å². The molecule has 1 aliphatic carbocycles. The third-order valence-electron chi connectivity index (χ3n) is 3.51. The molecule has 1 saturated carbocycles. The molecule has 0 aromatic carbocycles. The average molecular weight is 257 g/mol. The third kappa shape index (κ3) is 5.04. The van der Waals surface area contributed by atoms with Crippen LogP contribution in [0.2, 0.25) is 0 Å². The summed E-state index contributed by atoms with van der Waals surface area (Å²) in [6, 6.07) is -1.21. The van der Waals surface area contributed by atoms with E-state index in [1.165, 1.54) is 19.8 Å². The molecule has 1 aliphatic rings. The number of amides is 1. The summed E-state index contributed by atoms with van der Waals surface area (Å²) in [6.45, 7) is 1.37. The van der Waals surface area contributed by atoms with Crippen molar-refractivity contribution in [3.05, 3.63) is 0 Å². The number of aliphatic carboxylic acids is 1. The maximum atomic E-state index is 11.8. The first-order valence-corrected chi connectivity index (χ1v) is 6.71. The van der Waals surface area contributed by atoms with Crippen molar-refractivity contribution < 1.29 is 19.8 Å². The van der Waals surface area contributed by atoms with Gasteiger partial charge in [0, 0.05) is 6.42 Å². The molecule has 0 bridgehead atoms. The van der Waals surface area contributed by atoms with E-state index in [0.29, 0.717) is 12.3 Å². The molecule has 5 heteroatoms. The fourth-order valence-electron chi connectivity index (χ4n) is 2.45. The minimum atomic E-state index is -1.21. The van der Waals surface area contributed by atoms with Gasteiger partial charge in [-0.15, -0.1) is 0 Å². The highest BCUT2D eigenvalue weighted by Gasteiger charge is 2.26. The molecule has 0 aromatic heterocycles. The van der Waals surface area contributed by atoms with Crippen molar-refractivity contribution in [3.63, 3.8) is 0 Å². The molecule has 1 amide bonds. The molecule has 0 heterocycles. The van der Waals surface area contributed by atoms with Crippen LogP contribution in [0, 0.1) is 5.92 Å². The van der Waals surface area contributed by atoms with E-state index >= 15 is 0 Å². The Hall–Kier alpha value is -1.10. The smallest absolute Gasteiger partial charge is 0.328 e. The van der Waals surface area contributed by atoms with Crippen molar-refractivity contribution in [2.24, 2.45) is 5.92 Å². The van der Waals surface area contributed by atoms with Gasteiger partial charge in [-0.3, -0.25) is 4.79 Å². The van der Waals surface area contributed by atoms with Gasteiger partial charge in [-0.05, 0) is 25.7 Å². The monoisotopic (exact) mass is 257 g/mol. The summed E-state index contributed by atoms with van der Waals surface area (Å²) < 4.78 is 0. The minimum Gasteiger partial charge on any atom is -0.480 e. The van der Waals surface area contributed by atoms with E-state index in [0.717, 1.165) is 25.7 Å². The largest absolute Gasteiger partial charge is 0.480 e. The van der Waals surface area contributed by atoms with Crippen molar-refractivity contribution in [2.75, 3.05) is 0 Å². The first kappa shape index (κ1) is 15.0. The lowest BCUT2D eigenvalue weighted by Gasteiger charge is -2.19. The van der Waals surface area contributed by atoms with Crippen molar-refractivity contribution in [1.29, 1.82) is 0 Å². The molecule has 3 N–H and O–H groups in total. The molecule has 0 aromatic rings. The van der Waals surface area contributed by atoms with Gasteiger partial charge in [-0.25, -0.2) is 4.79 Å². The Morgan fingerprint density at radius 2 is 1.78 bits per heavy atom. The van der Waals surface area contributed by atoms with E-state index in [1.807, 2.05) is 0 Å². The average Bonchev–Trinajstić information content (AvgIpc) is 2.53. The number of carbonyl (C=O) groups is 2. The summed E-state index contributed by atoms with van der Waals surface area (Å²) in [4.78, 5) is 22.6. The highest BCUT2D eigenvalue weighted by molar-refractivity contribution is 5.84. The predicted octanol–water partition coefficient (Wildman–Crippen LogP) is 1.30. The summed E-state index contributed by atoms with van der Waals surface area (Å²) in [5.74, 6) is -1.11. The fraction of sp³-hybridized carbons (Fsp3) is 0.846. The van der Waals surface area contributed by atoms with E-state index in [1.54, 1.807) is 0 Å². The Morgan fingerprint density at radius 1 is 1.22 bits per heavy atom. The standard InChI is InChI=1S/C13H23NO4/c1-9(15)12(13(17)18)14-11(16)8-10-6-4-2-3-5-7-10/h9-10,12,15H,2-8H2,1H3,(H,14,16)(H,17,18)/t9-,12+/m1/s1. The van der Waals surface area contributed by atoms with Gasteiger partial charge in [0.1, 0.15) is 0 Å². The first-order valence-electron chi connectivity index (χ1n) is 6.71. The molecule has 2 atom stereocenters. The summed E-state index contributed by atoms with van der Waals surface area (Å²) >= 11 is 0. The maximum absolute atomic E-state index is 11.8. The van der Waals surface area contributed by atoms with Crippen LogP contribution < -0.4 is 5.32 Å². The van der Waals surface area contributed by atoms with Gasteiger partial charge in [0.15, 0.2) is 6.04 Å². The van der Waals surface area contributed by atoms with Gasteiger partial charge in [-0.1, -0.05) is 25.7 Å². The van der Waals surface area contributed by atoms with Crippen LogP contribution in [-0.2, 0) is 9.59 Å². The zero-order valence-corrected chi connectivity index (χ0v) is 10.9. The van der Waals surface area contributed by atoms with Crippen molar-refractivity contribution in [1.82, 2.24) is 5.32 Å². The summed E-state index contributed by atoms with van der Waals surface area (Å²) in [7, 11) is 0. The van der Waals surface area contributed by atoms with Gasteiger partial charge in [0.05, 0.1) is 6.10 Å². The SMILES string of the molecule is C[C@@H](O)[C@H](NC(=O)CC1CCCCCC1)C(=O)O. The van der Waals surface area contributed by atoms with E-state index in [2.05, 4.69) is 5.32 Å². The lowest BCUT2D eigenvalue weighted by Crippen LogP contribution is -2.48. The molecule has 5 nitrogen and oxygen atoms in total. The highest BCUT2D eigenvalue weighted by Crippen LogP contribution is 2.25. The number of aliphatic hydroxyl groups excluding tert-OH is 1. The molecule has 104 valence electrons. The number of hydrogen-bond donors (Lipinski definition) is 3. The second-order valence-corrected chi connectivity index (χ2v) is 5.19. The topological polar surface area (TPSA) is 86.6 Å². The molecule has 0 aliphatic heterocycles. The molecular weight excluding hydrogens is 234 g/mol. The molecule has 1 rings (SSSR count). The molecule has 0 radical (unpaired) electrons. The van der Waals surface area contributed by atoms with Crippen molar-refractivity contribution >= 4 is 11.9 Å². The van der Waals surface area contributed by atoms with Gasteiger partial charge in [-0.2, -0.15) is 0 Å². The normalized spacial score (nSPS) is 20.8. The number of rotatable bonds is 5. The molecule has 0 spiro atoms. The quantitative estimate of drug-likeness (QED) is 0.648. The predicted molar refractivity (Wildman–Crippen MR) is 67.1 cm³/mol. The number of nitrogens with one attached hydrogen (secondary N) is 1. The van der Waals surface area contributed by atoms with E-state index in [9.17, 15) is 14.7 Å². The Balaban J connectivity index is 2.41. The Labute approximate surface area is 108 Å². The summed E-state index contributed by atoms with van der Waals surface area (Å²) in [5.41, 5.74) is 0. The number of carboxylic acid groups (broad SMARTS) is 1. The number of carboxylic acids is 1. The van der Waals surface area contributed by atoms with Gasteiger partial charge in [0.2, 0.25) is 5.91 Å². The highest BCUT2D eigenvalue weighted by atomic mass is 16.4. The molecular formula is C13H23NO4. The van der Waals surface area contributed by atoms with Crippen LogP contribution >= 0.6 is 0 Å².